The van der Waals surface area contributed by atoms with Crippen molar-refractivity contribution in [3.05, 3.63) is 58.6 Å². The third kappa shape index (κ3) is 5.62. The molecule has 1 N–H and O–H groups in total. The first-order chi connectivity index (χ1) is 13.8. The Morgan fingerprint density at radius 2 is 2.10 bits per heavy atom. The Kier molecular flexibility index (Phi) is 7.00. The van der Waals surface area contributed by atoms with Crippen LogP contribution in [0.5, 0.6) is 5.75 Å². The maximum atomic E-state index is 13.9. The monoisotopic (exact) mass is 440 g/mol. The normalized spacial score (nSPS) is 16.4. The zero-order valence-electron chi connectivity index (χ0n) is 15.6. The number of benzene rings is 2. The second-order valence-corrected chi connectivity index (χ2v) is 7.33. The van der Waals surface area contributed by atoms with Crippen molar-refractivity contribution in [3.63, 3.8) is 0 Å². The number of hydrogen-bond acceptors (Lipinski definition) is 4. The SMILES string of the molecule is CC(=O)c1ccc(OCC2CN(C(=S)Nc3cc(Cl)ccc3F)CCO2)cc1F. The summed E-state index contributed by atoms with van der Waals surface area (Å²) in [6.07, 6.45) is -0.316. The number of hydrogen-bond donors (Lipinski definition) is 1. The molecule has 0 amide bonds. The van der Waals surface area contributed by atoms with Crippen LogP contribution in [-0.2, 0) is 4.74 Å². The highest BCUT2D eigenvalue weighted by atomic mass is 35.5. The van der Waals surface area contributed by atoms with Crippen molar-refractivity contribution in [1.82, 2.24) is 4.90 Å². The quantitative estimate of drug-likeness (QED) is 0.552. The number of morpholine rings is 1. The second kappa shape index (κ2) is 9.47. The van der Waals surface area contributed by atoms with E-state index in [-0.39, 0.29) is 29.7 Å². The Hall–Kier alpha value is -2.29. The molecule has 1 unspecified atom stereocenters. The predicted octanol–water partition coefficient (Wildman–Crippen LogP) is 4.30. The summed E-state index contributed by atoms with van der Waals surface area (Å²) in [6, 6.07) is 8.28. The van der Waals surface area contributed by atoms with E-state index >= 15 is 0 Å². The molecule has 0 spiro atoms. The average molecular weight is 441 g/mol. The Morgan fingerprint density at radius 3 is 2.83 bits per heavy atom. The molecule has 0 radical (unpaired) electrons. The van der Waals surface area contributed by atoms with Gasteiger partial charge in [0.25, 0.3) is 0 Å². The van der Waals surface area contributed by atoms with Crippen molar-refractivity contribution < 1.29 is 23.0 Å². The van der Waals surface area contributed by atoms with Crippen LogP contribution in [0, 0.1) is 11.6 Å². The summed E-state index contributed by atoms with van der Waals surface area (Å²) >= 11 is 11.3. The van der Waals surface area contributed by atoms with Crippen molar-refractivity contribution in [1.29, 1.82) is 0 Å². The summed E-state index contributed by atoms with van der Waals surface area (Å²) in [4.78, 5) is 13.1. The maximum absolute atomic E-state index is 13.9. The zero-order chi connectivity index (χ0) is 21.0. The van der Waals surface area contributed by atoms with Gasteiger partial charge in [0, 0.05) is 24.2 Å². The lowest BCUT2D eigenvalue weighted by Crippen LogP contribution is -2.49. The van der Waals surface area contributed by atoms with Gasteiger partial charge in [0.2, 0.25) is 0 Å². The molecule has 0 bridgehead atoms. The first-order valence-electron chi connectivity index (χ1n) is 8.89. The largest absolute Gasteiger partial charge is 0.491 e. The molecule has 1 atom stereocenters. The summed E-state index contributed by atoms with van der Waals surface area (Å²) in [6.45, 7) is 2.83. The molecule has 154 valence electrons. The molecule has 0 aliphatic carbocycles. The lowest BCUT2D eigenvalue weighted by Gasteiger charge is -2.34. The van der Waals surface area contributed by atoms with Gasteiger partial charge in [-0.2, -0.15) is 0 Å². The molecule has 29 heavy (non-hydrogen) atoms. The van der Waals surface area contributed by atoms with Crippen molar-refractivity contribution in [2.24, 2.45) is 0 Å². The van der Waals surface area contributed by atoms with Crippen LogP contribution in [-0.4, -0.2) is 48.2 Å². The third-order valence-corrected chi connectivity index (χ3v) is 4.95. The first kappa shape index (κ1) is 21.4. The molecule has 2 aromatic rings. The van der Waals surface area contributed by atoms with Gasteiger partial charge in [0.05, 0.1) is 17.9 Å². The fourth-order valence-electron chi connectivity index (χ4n) is 2.85. The van der Waals surface area contributed by atoms with E-state index in [0.717, 1.165) is 0 Å². The highest BCUT2D eigenvalue weighted by molar-refractivity contribution is 7.80. The number of carbonyl (C=O) groups excluding carboxylic acids is 1. The van der Waals surface area contributed by atoms with E-state index in [1.807, 2.05) is 4.90 Å². The van der Waals surface area contributed by atoms with Gasteiger partial charge in [-0.1, -0.05) is 11.6 Å². The van der Waals surface area contributed by atoms with Crippen LogP contribution in [0.25, 0.3) is 0 Å². The lowest BCUT2D eigenvalue weighted by atomic mass is 10.1. The number of thiocarbonyl (C=S) groups is 1. The second-order valence-electron chi connectivity index (χ2n) is 6.50. The van der Waals surface area contributed by atoms with Gasteiger partial charge in [-0.25, -0.2) is 8.78 Å². The number of anilines is 1. The number of halogens is 3. The standard InChI is InChI=1S/C20H19ClF2N2O3S/c1-12(26)16-4-3-14(9-18(16)23)28-11-15-10-25(6-7-27-15)20(29)24-19-8-13(21)2-5-17(19)22/h2-5,8-9,15H,6-7,10-11H2,1H3,(H,24,29). The molecular formula is C20H19ClF2N2O3S. The highest BCUT2D eigenvalue weighted by Crippen LogP contribution is 2.21. The number of carbonyl (C=O) groups is 1. The molecule has 0 aromatic heterocycles. The number of nitrogens with zero attached hydrogens (tertiary/aromatic N) is 1. The van der Waals surface area contributed by atoms with Crippen molar-refractivity contribution >= 4 is 40.4 Å². The summed E-state index contributed by atoms with van der Waals surface area (Å²) in [5.41, 5.74) is 0.213. The number of rotatable bonds is 5. The van der Waals surface area contributed by atoms with Gasteiger partial charge in [-0.15, -0.1) is 0 Å². The van der Waals surface area contributed by atoms with Crippen LogP contribution in [0.3, 0.4) is 0 Å². The van der Waals surface area contributed by atoms with Gasteiger partial charge in [-0.05, 0) is 49.5 Å². The number of Topliss-reactive ketones (excluding diaryl/α,β-unsaturated/α-hetero) is 1. The first-order valence-corrected chi connectivity index (χ1v) is 9.68. The van der Waals surface area contributed by atoms with Crippen LogP contribution in [0.15, 0.2) is 36.4 Å². The molecule has 9 heteroatoms. The van der Waals surface area contributed by atoms with Crippen molar-refractivity contribution in [2.45, 2.75) is 13.0 Å². The molecule has 1 heterocycles. The third-order valence-electron chi connectivity index (χ3n) is 4.35. The molecule has 1 aliphatic heterocycles. The molecule has 5 nitrogen and oxygen atoms in total. The van der Waals surface area contributed by atoms with E-state index in [1.165, 1.54) is 43.3 Å². The van der Waals surface area contributed by atoms with Crippen molar-refractivity contribution in [3.8, 4) is 5.75 Å². The molecule has 2 aromatic carbocycles. The Balaban J connectivity index is 1.56. The summed E-state index contributed by atoms with van der Waals surface area (Å²) in [7, 11) is 0. The summed E-state index contributed by atoms with van der Waals surface area (Å²) in [5, 5.41) is 3.60. The van der Waals surface area contributed by atoms with Gasteiger partial charge in [-0.3, -0.25) is 4.79 Å². The molecule has 3 rings (SSSR count). The Bertz CT molecular complexity index is 929. The lowest BCUT2D eigenvalue weighted by molar-refractivity contribution is -0.0280. The highest BCUT2D eigenvalue weighted by Gasteiger charge is 2.23. The predicted molar refractivity (Wildman–Crippen MR) is 111 cm³/mol. The van der Waals surface area contributed by atoms with Crippen LogP contribution < -0.4 is 10.1 Å². The fourth-order valence-corrected chi connectivity index (χ4v) is 3.30. The zero-order valence-corrected chi connectivity index (χ0v) is 17.2. The van der Waals surface area contributed by atoms with E-state index < -0.39 is 11.6 Å². The van der Waals surface area contributed by atoms with Gasteiger partial charge >= 0.3 is 0 Å². The summed E-state index contributed by atoms with van der Waals surface area (Å²) < 4.78 is 39.1. The maximum Gasteiger partial charge on any atom is 0.173 e. The Morgan fingerprint density at radius 1 is 1.31 bits per heavy atom. The van der Waals surface area contributed by atoms with E-state index in [1.54, 1.807) is 0 Å². The molecular weight excluding hydrogens is 422 g/mol. The van der Waals surface area contributed by atoms with E-state index in [9.17, 15) is 13.6 Å². The number of ether oxygens (including phenoxy) is 2. The Labute approximate surface area is 177 Å². The van der Waals surface area contributed by atoms with Gasteiger partial charge in [0.15, 0.2) is 10.9 Å². The minimum atomic E-state index is -0.630. The molecule has 0 saturated carbocycles. The topological polar surface area (TPSA) is 50.8 Å². The van der Waals surface area contributed by atoms with E-state index in [2.05, 4.69) is 5.32 Å². The minimum absolute atomic E-state index is 0.0158. The summed E-state index contributed by atoms with van der Waals surface area (Å²) in [5.74, 6) is -1.14. The van der Waals surface area contributed by atoms with Crippen LogP contribution in [0.2, 0.25) is 5.02 Å². The number of ketones is 1. The van der Waals surface area contributed by atoms with Crippen LogP contribution in [0.1, 0.15) is 17.3 Å². The van der Waals surface area contributed by atoms with E-state index in [0.29, 0.717) is 35.6 Å². The van der Waals surface area contributed by atoms with Crippen LogP contribution >= 0.6 is 23.8 Å². The molecule has 1 fully saturated rings. The molecule has 1 aliphatic rings. The van der Waals surface area contributed by atoms with Gasteiger partial charge in [0.1, 0.15) is 30.1 Å². The van der Waals surface area contributed by atoms with E-state index in [4.69, 9.17) is 33.3 Å². The smallest absolute Gasteiger partial charge is 0.173 e. The van der Waals surface area contributed by atoms with Gasteiger partial charge < -0.3 is 19.7 Å². The average Bonchev–Trinajstić information content (AvgIpc) is 2.69. The number of nitrogens with one attached hydrogen (secondary N) is 1. The van der Waals surface area contributed by atoms with Crippen LogP contribution in [0.4, 0.5) is 14.5 Å². The van der Waals surface area contributed by atoms with Crippen molar-refractivity contribution in [2.75, 3.05) is 31.6 Å². The fraction of sp³-hybridized carbons (Fsp3) is 0.300. The minimum Gasteiger partial charge on any atom is -0.491 e. The molecule has 1 saturated heterocycles.